The van der Waals surface area contributed by atoms with Gasteiger partial charge < -0.3 is 4.57 Å². The van der Waals surface area contributed by atoms with Gasteiger partial charge in [0.2, 0.25) is 0 Å². The Kier molecular flexibility index (Phi) is 2.62. The van der Waals surface area contributed by atoms with Gasteiger partial charge in [-0.1, -0.05) is 0 Å². The third kappa shape index (κ3) is 1.41. The molecule has 0 bridgehead atoms. The molecule has 0 aliphatic carbocycles. The number of carbonyl (C=O) groups is 1. The zero-order valence-corrected chi connectivity index (χ0v) is 7.81. The Balaban J connectivity index is 3.24. The molecule has 1 heterocycles. The molecule has 0 fully saturated rings. The highest BCUT2D eigenvalue weighted by Crippen LogP contribution is 2.29. The minimum Gasteiger partial charge on any atom is -0.336 e. The lowest BCUT2D eigenvalue weighted by atomic mass is 10.3. The van der Waals surface area contributed by atoms with Crippen LogP contribution in [0.1, 0.15) is 22.5 Å². The van der Waals surface area contributed by atoms with Gasteiger partial charge in [-0.3, -0.25) is 4.79 Å². The Morgan fingerprint density at radius 2 is 2.25 bits per heavy atom. The Bertz CT molecular complexity index is 309. The summed E-state index contributed by atoms with van der Waals surface area (Å²) < 4.78 is 26.0. The quantitative estimate of drug-likeness (QED) is 0.725. The first kappa shape index (κ1) is 9.38. The summed E-state index contributed by atoms with van der Waals surface area (Å²) in [6.07, 6.45) is -2.02. The molecule has 0 saturated carbocycles. The Morgan fingerprint density at radius 1 is 1.67 bits per heavy atom. The SMILES string of the molecule is Cn1c(C=O)cc(C(F)F)c1Br. The maximum atomic E-state index is 12.2. The number of rotatable bonds is 2. The van der Waals surface area contributed by atoms with Crippen LogP contribution in [0.15, 0.2) is 10.7 Å². The number of hydrogen-bond donors (Lipinski definition) is 0. The van der Waals surface area contributed by atoms with Gasteiger partial charge in [-0.2, -0.15) is 0 Å². The topological polar surface area (TPSA) is 22.0 Å². The zero-order chi connectivity index (χ0) is 9.30. The zero-order valence-electron chi connectivity index (χ0n) is 6.22. The van der Waals surface area contributed by atoms with Crippen molar-refractivity contribution >= 4 is 22.2 Å². The van der Waals surface area contributed by atoms with Gasteiger partial charge in [0.25, 0.3) is 6.43 Å². The smallest absolute Gasteiger partial charge is 0.266 e. The van der Waals surface area contributed by atoms with Crippen LogP contribution >= 0.6 is 15.9 Å². The predicted octanol–water partition coefficient (Wildman–Crippen LogP) is 2.54. The second-order valence-electron chi connectivity index (χ2n) is 2.29. The van der Waals surface area contributed by atoms with E-state index in [4.69, 9.17) is 0 Å². The third-order valence-electron chi connectivity index (χ3n) is 1.58. The minimum absolute atomic E-state index is 0.153. The summed E-state index contributed by atoms with van der Waals surface area (Å²) in [5.74, 6) is 0. The normalized spacial score (nSPS) is 10.8. The van der Waals surface area contributed by atoms with E-state index in [2.05, 4.69) is 15.9 Å². The fourth-order valence-electron chi connectivity index (χ4n) is 0.889. The van der Waals surface area contributed by atoms with Crippen LogP contribution in [0.3, 0.4) is 0 Å². The molecule has 0 unspecified atom stereocenters. The number of alkyl halides is 2. The number of hydrogen-bond acceptors (Lipinski definition) is 1. The first-order valence-electron chi connectivity index (χ1n) is 3.16. The van der Waals surface area contributed by atoms with E-state index < -0.39 is 6.43 Å². The van der Waals surface area contributed by atoms with Crippen molar-refractivity contribution in [1.29, 1.82) is 0 Å². The fourth-order valence-corrected chi connectivity index (χ4v) is 1.38. The average Bonchev–Trinajstić information content (AvgIpc) is 2.30. The van der Waals surface area contributed by atoms with Gasteiger partial charge in [0.15, 0.2) is 6.29 Å². The second kappa shape index (κ2) is 3.35. The Morgan fingerprint density at radius 3 is 2.50 bits per heavy atom. The van der Waals surface area contributed by atoms with Gasteiger partial charge in [-0.25, -0.2) is 8.78 Å². The van der Waals surface area contributed by atoms with Crippen LogP contribution in [0.2, 0.25) is 0 Å². The molecule has 0 aliphatic rings. The van der Waals surface area contributed by atoms with Crippen LogP contribution in [0.5, 0.6) is 0 Å². The number of carbonyl (C=O) groups excluding carboxylic acids is 1. The van der Waals surface area contributed by atoms with Crippen LogP contribution in [-0.4, -0.2) is 10.9 Å². The van der Waals surface area contributed by atoms with Crippen LogP contribution in [0.25, 0.3) is 0 Å². The van der Waals surface area contributed by atoms with Crippen molar-refractivity contribution in [2.45, 2.75) is 6.43 Å². The van der Waals surface area contributed by atoms with E-state index in [1.165, 1.54) is 10.6 Å². The summed E-state index contributed by atoms with van der Waals surface area (Å²) in [7, 11) is 1.54. The van der Waals surface area contributed by atoms with E-state index in [0.717, 1.165) is 0 Å². The fraction of sp³-hybridized carbons (Fsp3) is 0.286. The highest BCUT2D eigenvalue weighted by Gasteiger charge is 2.17. The van der Waals surface area contributed by atoms with E-state index in [-0.39, 0.29) is 15.9 Å². The first-order valence-corrected chi connectivity index (χ1v) is 3.95. The van der Waals surface area contributed by atoms with Gasteiger partial charge in [0.1, 0.15) is 0 Å². The van der Waals surface area contributed by atoms with E-state index in [1.54, 1.807) is 7.05 Å². The lowest BCUT2D eigenvalue weighted by molar-refractivity contribution is 0.111. The molecular weight excluding hydrogens is 232 g/mol. The van der Waals surface area contributed by atoms with Crippen molar-refractivity contribution in [2.24, 2.45) is 7.05 Å². The Labute approximate surface area is 76.3 Å². The summed E-state index contributed by atoms with van der Waals surface area (Å²) in [5.41, 5.74) is 0.0803. The number of aromatic nitrogens is 1. The van der Waals surface area contributed by atoms with Crippen molar-refractivity contribution in [2.75, 3.05) is 0 Å². The standard InChI is InChI=1S/C7H6BrF2NO/c1-11-4(3-12)2-5(6(11)8)7(9)10/h2-3,7H,1H3. The molecule has 5 heteroatoms. The molecule has 1 aromatic rings. The molecule has 0 aliphatic heterocycles. The lowest BCUT2D eigenvalue weighted by Crippen LogP contribution is -1.93. The van der Waals surface area contributed by atoms with Gasteiger partial charge in [-0.05, 0) is 22.0 Å². The Hall–Kier alpha value is -0.710. The molecule has 0 aromatic carbocycles. The van der Waals surface area contributed by atoms with Crippen LogP contribution in [0.4, 0.5) is 8.78 Å². The molecule has 2 nitrogen and oxygen atoms in total. The van der Waals surface area contributed by atoms with E-state index in [1.807, 2.05) is 0 Å². The molecular formula is C7H6BrF2NO. The molecule has 0 atom stereocenters. The maximum absolute atomic E-state index is 12.2. The average molecular weight is 238 g/mol. The van der Waals surface area contributed by atoms with Crippen molar-refractivity contribution in [3.8, 4) is 0 Å². The van der Waals surface area contributed by atoms with E-state index in [9.17, 15) is 13.6 Å². The molecule has 0 saturated heterocycles. The van der Waals surface area contributed by atoms with Crippen molar-refractivity contribution in [1.82, 2.24) is 4.57 Å². The third-order valence-corrected chi connectivity index (χ3v) is 2.57. The van der Waals surface area contributed by atoms with E-state index in [0.29, 0.717) is 6.29 Å². The highest BCUT2D eigenvalue weighted by atomic mass is 79.9. The molecule has 0 N–H and O–H groups in total. The summed E-state index contributed by atoms with van der Waals surface area (Å²) in [4.78, 5) is 10.3. The minimum atomic E-state index is -2.56. The van der Waals surface area contributed by atoms with Gasteiger partial charge in [0.05, 0.1) is 15.9 Å². The summed E-state index contributed by atoms with van der Waals surface area (Å²) in [5, 5.41) is 0. The van der Waals surface area contributed by atoms with Crippen LogP contribution < -0.4 is 0 Å². The van der Waals surface area contributed by atoms with Crippen molar-refractivity contribution in [3.63, 3.8) is 0 Å². The van der Waals surface area contributed by atoms with Crippen molar-refractivity contribution < 1.29 is 13.6 Å². The summed E-state index contributed by atoms with van der Waals surface area (Å²) >= 11 is 2.97. The molecule has 1 rings (SSSR count). The van der Waals surface area contributed by atoms with Gasteiger partial charge >= 0.3 is 0 Å². The maximum Gasteiger partial charge on any atom is 0.266 e. The molecule has 0 spiro atoms. The molecule has 12 heavy (non-hydrogen) atoms. The monoisotopic (exact) mass is 237 g/mol. The molecule has 1 aromatic heterocycles. The van der Waals surface area contributed by atoms with Crippen molar-refractivity contribution in [3.05, 3.63) is 21.9 Å². The summed E-state index contributed by atoms with van der Waals surface area (Å²) in [6, 6.07) is 1.17. The van der Waals surface area contributed by atoms with E-state index >= 15 is 0 Å². The largest absolute Gasteiger partial charge is 0.336 e. The lowest BCUT2D eigenvalue weighted by Gasteiger charge is -1.97. The molecule has 0 radical (unpaired) electrons. The van der Waals surface area contributed by atoms with Crippen LogP contribution in [0, 0.1) is 0 Å². The van der Waals surface area contributed by atoms with Gasteiger partial charge in [0, 0.05) is 7.05 Å². The van der Waals surface area contributed by atoms with Gasteiger partial charge in [-0.15, -0.1) is 0 Å². The summed E-state index contributed by atoms with van der Waals surface area (Å²) in [6.45, 7) is 0. The number of halogens is 3. The predicted molar refractivity (Wildman–Crippen MR) is 43.5 cm³/mol. The number of aldehydes is 1. The first-order chi connectivity index (χ1) is 5.57. The molecule has 0 amide bonds. The van der Waals surface area contributed by atoms with Crippen LogP contribution in [-0.2, 0) is 7.05 Å². The molecule has 66 valence electrons. The highest BCUT2D eigenvalue weighted by molar-refractivity contribution is 9.10. The second-order valence-corrected chi connectivity index (χ2v) is 3.04. The number of nitrogens with zero attached hydrogens (tertiary/aromatic N) is 1.